The molecule has 1 aliphatic carbocycles. The molecule has 1 aromatic heterocycles. The molecule has 178 valence electrons. The minimum atomic E-state index is -0.561. The van der Waals surface area contributed by atoms with Crippen molar-refractivity contribution in [3.8, 4) is 5.75 Å². The van der Waals surface area contributed by atoms with Gasteiger partial charge in [0.25, 0.3) is 0 Å². The summed E-state index contributed by atoms with van der Waals surface area (Å²) in [5.74, 6) is -0.555. The Hall–Kier alpha value is -3.43. The van der Waals surface area contributed by atoms with E-state index in [0.29, 0.717) is 5.95 Å². The lowest BCUT2D eigenvalue weighted by Crippen LogP contribution is -2.42. The molecule has 1 amide bonds. The number of nitrogens with two attached hydrogens (primary N) is 1. The fraction of sp³-hybridized carbons (Fsp3) is 0.478. The zero-order valence-electron chi connectivity index (χ0n) is 19.3. The van der Waals surface area contributed by atoms with Gasteiger partial charge in [-0.1, -0.05) is 0 Å². The molecule has 1 saturated carbocycles. The number of nitrogens with zero attached hydrogens (tertiary/aromatic N) is 2. The Morgan fingerprint density at radius 1 is 1.12 bits per heavy atom. The Labute approximate surface area is 192 Å². The molecule has 33 heavy (non-hydrogen) atoms. The summed E-state index contributed by atoms with van der Waals surface area (Å²) in [6, 6.07) is 3.83. The van der Waals surface area contributed by atoms with E-state index >= 15 is 0 Å². The number of aromatic nitrogens is 2. The minimum absolute atomic E-state index is 0.0101. The van der Waals surface area contributed by atoms with Gasteiger partial charge >= 0.3 is 6.09 Å². The van der Waals surface area contributed by atoms with Crippen LogP contribution >= 0.6 is 0 Å². The lowest BCUT2D eigenvalue weighted by atomic mass is 9.91. The molecule has 1 heterocycles. The van der Waals surface area contributed by atoms with E-state index in [9.17, 15) is 14.0 Å². The van der Waals surface area contributed by atoms with Crippen molar-refractivity contribution in [1.29, 1.82) is 0 Å². The maximum absolute atomic E-state index is 13.6. The quantitative estimate of drug-likeness (QED) is 0.558. The molecule has 0 unspecified atom stereocenters. The van der Waals surface area contributed by atoms with Gasteiger partial charge in [-0.15, -0.1) is 0 Å². The summed E-state index contributed by atoms with van der Waals surface area (Å²) in [5, 5.41) is 6.13. The number of alkyl carbamates (subject to hydrolysis) is 1. The topological polar surface area (TPSA) is 128 Å². The van der Waals surface area contributed by atoms with Crippen molar-refractivity contribution in [2.24, 2.45) is 0 Å². The summed E-state index contributed by atoms with van der Waals surface area (Å²) < 4.78 is 24.1. The summed E-state index contributed by atoms with van der Waals surface area (Å²) in [6.07, 6.45) is 4.07. The molecule has 9 nitrogen and oxygen atoms in total. The maximum Gasteiger partial charge on any atom is 0.407 e. The number of hydrogen-bond acceptors (Lipinski definition) is 8. The molecule has 0 aliphatic heterocycles. The Balaban J connectivity index is 1.59. The highest BCUT2D eigenvalue weighted by atomic mass is 19.1. The van der Waals surface area contributed by atoms with Gasteiger partial charge in [-0.25, -0.2) is 14.2 Å². The molecule has 0 saturated heterocycles. The third-order valence-electron chi connectivity index (χ3n) is 5.25. The van der Waals surface area contributed by atoms with E-state index in [1.807, 2.05) is 20.8 Å². The number of nitrogens with one attached hydrogen (secondary N) is 2. The van der Waals surface area contributed by atoms with Crippen molar-refractivity contribution in [2.75, 3.05) is 18.2 Å². The van der Waals surface area contributed by atoms with Crippen LogP contribution in [0.25, 0.3) is 0 Å². The van der Waals surface area contributed by atoms with Gasteiger partial charge in [-0.05, 0) is 64.7 Å². The van der Waals surface area contributed by atoms with Gasteiger partial charge in [-0.2, -0.15) is 4.98 Å². The SMILES string of the molecule is COc1ccc(F)cc1C(=O)c1cnc(NC2CCC(NC(=O)OC(C)(C)C)CC2)nc1N. The third-order valence-corrected chi connectivity index (χ3v) is 5.25. The number of nitrogen functional groups attached to an aromatic ring is 1. The van der Waals surface area contributed by atoms with Gasteiger partial charge < -0.3 is 25.8 Å². The second-order valence-electron chi connectivity index (χ2n) is 9.01. The van der Waals surface area contributed by atoms with Crippen LogP contribution in [0.3, 0.4) is 0 Å². The molecule has 1 aromatic carbocycles. The van der Waals surface area contributed by atoms with E-state index in [1.54, 1.807) is 0 Å². The smallest absolute Gasteiger partial charge is 0.407 e. The molecule has 0 spiro atoms. The molecule has 10 heteroatoms. The van der Waals surface area contributed by atoms with E-state index in [-0.39, 0.29) is 34.8 Å². The zero-order valence-corrected chi connectivity index (χ0v) is 19.3. The van der Waals surface area contributed by atoms with Crippen molar-refractivity contribution < 1.29 is 23.5 Å². The van der Waals surface area contributed by atoms with E-state index in [2.05, 4.69) is 20.6 Å². The van der Waals surface area contributed by atoms with Gasteiger partial charge in [0.15, 0.2) is 0 Å². The highest BCUT2D eigenvalue weighted by molar-refractivity contribution is 6.13. The first-order valence-corrected chi connectivity index (χ1v) is 10.8. The Bertz CT molecular complexity index is 1020. The fourth-order valence-electron chi connectivity index (χ4n) is 3.68. The third kappa shape index (κ3) is 6.53. The second-order valence-corrected chi connectivity index (χ2v) is 9.01. The Morgan fingerprint density at radius 2 is 1.79 bits per heavy atom. The van der Waals surface area contributed by atoms with E-state index in [4.69, 9.17) is 15.2 Å². The van der Waals surface area contributed by atoms with Gasteiger partial charge in [0.05, 0.1) is 18.2 Å². The standard InChI is InChI=1S/C23H30FN5O4/c1-23(2,3)33-22(31)28-15-8-6-14(7-9-15)27-21-26-12-17(20(25)29-21)19(30)16-11-13(24)5-10-18(16)32-4/h5,10-12,14-15H,6-9H2,1-4H3,(H,28,31)(H3,25,26,27,29). The van der Waals surface area contributed by atoms with Crippen LogP contribution in [0.5, 0.6) is 5.75 Å². The van der Waals surface area contributed by atoms with Crippen LogP contribution in [0.15, 0.2) is 24.4 Å². The molecule has 0 atom stereocenters. The maximum atomic E-state index is 13.6. The molecule has 2 aromatic rings. The summed E-state index contributed by atoms with van der Waals surface area (Å²) in [6.45, 7) is 5.48. The van der Waals surface area contributed by atoms with Crippen molar-refractivity contribution in [2.45, 2.75) is 64.1 Å². The largest absolute Gasteiger partial charge is 0.496 e. The summed E-state index contributed by atoms with van der Waals surface area (Å²) in [7, 11) is 1.40. The monoisotopic (exact) mass is 459 g/mol. The minimum Gasteiger partial charge on any atom is -0.496 e. The average molecular weight is 460 g/mol. The molecule has 1 aliphatic rings. The molecule has 1 fully saturated rings. The number of rotatable bonds is 6. The predicted octanol–water partition coefficient (Wildman–Crippen LogP) is 3.69. The number of ether oxygens (including phenoxy) is 2. The van der Waals surface area contributed by atoms with Crippen molar-refractivity contribution >= 4 is 23.6 Å². The molecule has 4 N–H and O–H groups in total. The van der Waals surface area contributed by atoms with Crippen LogP contribution in [-0.4, -0.2) is 46.6 Å². The van der Waals surface area contributed by atoms with E-state index < -0.39 is 23.3 Å². The number of anilines is 2. The van der Waals surface area contributed by atoms with Gasteiger partial charge in [0.1, 0.15) is 23.0 Å². The summed E-state index contributed by atoms with van der Waals surface area (Å²) >= 11 is 0. The molecule has 3 rings (SSSR count). The fourth-order valence-corrected chi connectivity index (χ4v) is 3.68. The van der Waals surface area contributed by atoms with Gasteiger partial charge in [0, 0.05) is 18.3 Å². The first-order chi connectivity index (χ1) is 15.6. The summed E-state index contributed by atoms with van der Waals surface area (Å²) in [4.78, 5) is 33.2. The molecular formula is C23H30FN5O4. The van der Waals surface area contributed by atoms with Crippen molar-refractivity contribution in [1.82, 2.24) is 15.3 Å². The van der Waals surface area contributed by atoms with Crippen LogP contribution in [0.2, 0.25) is 0 Å². The zero-order chi connectivity index (χ0) is 24.2. The number of benzene rings is 1. The number of carbonyl (C=O) groups excluding carboxylic acids is 2. The highest BCUT2D eigenvalue weighted by Gasteiger charge is 2.26. The van der Waals surface area contributed by atoms with Crippen LogP contribution < -0.4 is 21.1 Å². The Morgan fingerprint density at radius 3 is 2.39 bits per heavy atom. The van der Waals surface area contributed by atoms with Gasteiger partial charge in [0.2, 0.25) is 11.7 Å². The number of hydrogen-bond donors (Lipinski definition) is 3. The first-order valence-electron chi connectivity index (χ1n) is 10.8. The number of amides is 1. The molecule has 0 radical (unpaired) electrons. The lowest BCUT2D eigenvalue weighted by Gasteiger charge is -2.30. The second kappa shape index (κ2) is 10.0. The number of methoxy groups -OCH3 is 1. The number of halogens is 1. The highest BCUT2D eigenvalue weighted by Crippen LogP contribution is 2.26. The molecule has 0 bridgehead atoms. The predicted molar refractivity (Wildman–Crippen MR) is 122 cm³/mol. The van der Waals surface area contributed by atoms with Crippen LogP contribution in [0.4, 0.5) is 21.0 Å². The summed E-state index contributed by atoms with van der Waals surface area (Å²) in [5.41, 5.74) is 5.59. The normalized spacial score (nSPS) is 18.3. The van der Waals surface area contributed by atoms with E-state index in [1.165, 1.54) is 25.4 Å². The number of carbonyl (C=O) groups is 2. The average Bonchev–Trinajstić information content (AvgIpc) is 2.73. The lowest BCUT2D eigenvalue weighted by molar-refractivity contribution is 0.0492. The molecular weight excluding hydrogens is 429 g/mol. The van der Waals surface area contributed by atoms with Crippen LogP contribution in [0, 0.1) is 5.82 Å². The Kier molecular flexibility index (Phi) is 7.35. The van der Waals surface area contributed by atoms with Gasteiger partial charge in [-0.3, -0.25) is 4.79 Å². The number of ketones is 1. The van der Waals surface area contributed by atoms with Crippen LogP contribution in [-0.2, 0) is 4.74 Å². The van der Waals surface area contributed by atoms with Crippen LogP contribution in [0.1, 0.15) is 62.4 Å². The van der Waals surface area contributed by atoms with Crippen molar-refractivity contribution in [3.63, 3.8) is 0 Å². The van der Waals surface area contributed by atoms with Crippen molar-refractivity contribution in [3.05, 3.63) is 41.3 Å². The van der Waals surface area contributed by atoms with E-state index in [0.717, 1.165) is 31.7 Å². The first kappa shape index (κ1) is 24.2.